The third-order valence-electron chi connectivity index (χ3n) is 3.91. The van der Waals surface area contributed by atoms with E-state index in [1.165, 1.54) is 4.90 Å². The Hall–Kier alpha value is -1.92. The average molecular weight is 291 g/mol. The van der Waals surface area contributed by atoms with Gasteiger partial charge in [0.2, 0.25) is 0 Å². The van der Waals surface area contributed by atoms with Crippen LogP contribution in [-0.2, 0) is 32.0 Å². The molecule has 1 saturated heterocycles. The van der Waals surface area contributed by atoms with Crippen molar-refractivity contribution in [3.8, 4) is 0 Å². The van der Waals surface area contributed by atoms with Crippen molar-refractivity contribution in [2.24, 2.45) is 0 Å². The predicted octanol–water partition coefficient (Wildman–Crippen LogP) is 0.440. The number of carbonyl (C=O) groups is 2. The molecule has 0 radical (unpaired) electrons. The third-order valence-corrected chi connectivity index (χ3v) is 3.91. The Morgan fingerprint density at radius 3 is 2.62 bits per heavy atom. The summed E-state index contributed by atoms with van der Waals surface area (Å²) in [7, 11) is 0. The summed E-state index contributed by atoms with van der Waals surface area (Å²) in [6, 6.07) is 6.76. The van der Waals surface area contributed by atoms with Gasteiger partial charge in [0.25, 0.3) is 5.91 Å². The second-order valence-electron chi connectivity index (χ2n) is 5.23. The quantitative estimate of drug-likeness (QED) is 0.855. The smallest absolute Gasteiger partial charge is 0.326 e. The van der Waals surface area contributed by atoms with E-state index < -0.39 is 18.1 Å². The molecular formula is C15H17NO5. The summed E-state index contributed by atoms with van der Waals surface area (Å²) in [5.74, 6) is -1.30. The van der Waals surface area contributed by atoms with Crippen molar-refractivity contribution in [3.63, 3.8) is 0 Å². The first-order valence-corrected chi connectivity index (χ1v) is 6.96. The van der Waals surface area contributed by atoms with Crippen LogP contribution in [-0.4, -0.2) is 53.8 Å². The normalized spacial score (nSPS) is 25.2. The second kappa shape index (κ2) is 5.83. The van der Waals surface area contributed by atoms with Crippen LogP contribution in [0.3, 0.4) is 0 Å². The van der Waals surface area contributed by atoms with Crippen LogP contribution in [0.25, 0.3) is 0 Å². The van der Waals surface area contributed by atoms with E-state index >= 15 is 0 Å². The van der Waals surface area contributed by atoms with Crippen LogP contribution in [0.5, 0.6) is 0 Å². The van der Waals surface area contributed by atoms with Crippen LogP contribution in [0, 0.1) is 0 Å². The summed E-state index contributed by atoms with van der Waals surface area (Å²) in [6.45, 7) is 1.31. The van der Waals surface area contributed by atoms with Crippen molar-refractivity contribution in [2.45, 2.75) is 25.1 Å². The Bertz CT molecular complexity index is 553. The second-order valence-corrected chi connectivity index (χ2v) is 5.23. The maximum absolute atomic E-state index is 12.5. The van der Waals surface area contributed by atoms with Gasteiger partial charge in [0, 0.05) is 13.0 Å². The number of ether oxygens (including phenoxy) is 2. The fraction of sp³-hybridized carbons (Fsp3) is 0.467. The van der Waals surface area contributed by atoms with Crippen molar-refractivity contribution < 1.29 is 24.2 Å². The maximum Gasteiger partial charge on any atom is 0.326 e. The zero-order chi connectivity index (χ0) is 14.8. The Labute approximate surface area is 122 Å². The van der Waals surface area contributed by atoms with E-state index in [9.17, 15) is 14.7 Å². The van der Waals surface area contributed by atoms with E-state index in [1.54, 1.807) is 0 Å². The highest BCUT2D eigenvalue weighted by molar-refractivity contribution is 5.87. The van der Waals surface area contributed by atoms with E-state index in [2.05, 4.69) is 0 Å². The molecule has 112 valence electrons. The van der Waals surface area contributed by atoms with Crippen LogP contribution >= 0.6 is 0 Å². The molecule has 1 N–H and O–H groups in total. The van der Waals surface area contributed by atoms with Gasteiger partial charge in [0.05, 0.1) is 19.8 Å². The molecule has 21 heavy (non-hydrogen) atoms. The summed E-state index contributed by atoms with van der Waals surface area (Å²) in [5.41, 5.74) is 1.97. The van der Waals surface area contributed by atoms with Gasteiger partial charge in [0.1, 0.15) is 6.04 Å². The Balaban J connectivity index is 1.85. The molecule has 1 amide bonds. The fourth-order valence-corrected chi connectivity index (χ4v) is 2.79. The molecular weight excluding hydrogens is 274 g/mol. The largest absolute Gasteiger partial charge is 0.480 e. The lowest BCUT2D eigenvalue weighted by Gasteiger charge is -2.37. The van der Waals surface area contributed by atoms with Crippen LogP contribution < -0.4 is 0 Å². The minimum Gasteiger partial charge on any atom is -0.480 e. The van der Waals surface area contributed by atoms with Gasteiger partial charge in [-0.3, -0.25) is 4.79 Å². The van der Waals surface area contributed by atoms with Gasteiger partial charge in [-0.1, -0.05) is 24.3 Å². The molecule has 6 nitrogen and oxygen atoms in total. The molecule has 1 aromatic carbocycles. The van der Waals surface area contributed by atoms with Gasteiger partial charge in [0.15, 0.2) is 6.10 Å². The number of carbonyl (C=O) groups excluding carboxylic acids is 1. The van der Waals surface area contributed by atoms with Crippen molar-refractivity contribution in [1.29, 1.82) is 0 Å². The number of rotatable bonds is 2. The zero-order valence-electron chi connectivity index (χ0n) is 11.5. The van der Waals surface area contributed by atoms with Crippen molar-refractivity contribution in [3.05, 3.63) is 35.4 Å². The molecule has 6 heteroatoms. The van der Waals surface area contributed by atoms with E-state index in [0.29, 0.717) is 26.2 Å². The number of hydrogen-bond acceptors (Lipinski definition) is 4. The lowest BCUT2D eigenvalue weighted by Crippen LogP contribution is -2.54. The van der Waals surface area contributed by atoms with Gasteiger partial charge in [-0.15, -0.1) is 0 Å². The molecule has 2 aliphatic rings. The first-order valence-electron chi connectivity index (χ1n) is 6.96. The topological polar surface area (TPSA) is 76.1 Å². The Morgan fingerprint density at radius 2 is 1.95 bits per heavy atom. The summed E-state index contributed by atoms with van der Waals surface area (Å²) < 4.78 is 10.6. The Morgan fingerprint density at radius 1 is 1.19 bits per heavy atom. The van der Waals surface area contributed by atoms with Gasteiger partial charge in [-0.2, -0.15) is 0 Å². The molecule has 0 bridgehead atoms. The number of carboxylic acids is 1. The predicted molar refractivity (Wildman–Crippen MR) is 72.7 cm³/mol. The monoisotopic (exact) mass is 291 g/mol. The summed E-state index contributed by atoms with van der Waals surface area (Å²) in [5, 5.41) is 9.42. The first-order chi connectivity index (χ1) is 10.2. The standard InChI is InChI=1S/C15H17NO5/c17-14(13-9-20-5-6-21-13)16-8-11-4-2-1-3-10(11)7-12(16)15(18)19/h1-4,12-13H,5-9H2,(H,18,19)/t12-,13-/m1/s1. The van der Waals surface area contributed by atoms with Crippen LogP contribution in [0.4, 0.5) is 0 Å². The van der Waals surface area contributed by atoms with E-state index in [1.807, 2.05) is 24.3 Å². The number of amides is 1. The van der Waals surface area contributed by atoms with Crippen molar-refractivity contribution in [2.75, 3.05) is 19.8 Å². The number of hydrogen-bond donors (Lipinski definition) is 1. The van der Waals surface area contributed by atoms with Crippen LogP contribution in [0.15, 0.2) is 24.3 Å². The van der Waals surface area contributed by atoms with Crippen molar-refractivity contribution in [1.82, 2.24) is 4.90 Å². The molecule has 0 saturated carbocycles. The molecule has 0 aromatic heterocycles. The van der Waals surface area contributed by atoms with Gasteiger partial charge in [-0.05, 0) is 11.1 Å². The molecule has 1 fully saturated rings. The minimum atomic E-state index is -0.991. The lowest BCUT2D eigenvalue weighted by molar-refractivity contribution is -0.166. The molecule has 0 spiro atoms. The number of fused-ring (bicyclic) bond motifs is 1. The molecule has 3 rings (SSSR count). The number of nitrogens with zero attached hydrogens (tertiary/aromatic N) is 1. The fourth-order valence-electron chi connectivity index (χ4n) is 2.79. The first kappa shape index (κ1) is 14.0. The summed E-state index contributed by atoms with van der Waals surface area (Å²) in [6.07, 6.45) is -0.379. The maximum atomic E-state index is 12.5. The number of carboxylic acid groups (broad SMARTS) is 1. The highest BCUT2D eigenvalue weighted by Gasteiger charge is 2.38. The lowest BCUT2D eigenvalue weighted by atomic mass is 9.93. The number of aliphatic carboxylic acids is 1. The van der Waals surface area contributed by atoms with E-state index in [4.69, 9.17) is 9.47 Å². The average Bonchev–Trinajstić information content (AvgIpc) is 2.53. The van der Waals surface area contributed by atoms with Gasteiger partial charge in [-0.25, -0.2) is 4.79 Å². The SMILES string of the molecule is O=C(O)[C@H]1Cc2ccccc2CN1C(=O)[C@H]1COCCO1. The van der Waals surface area contributed by atoms with Crippen LogP contribution in [0.2, 0.25) is 0 Å². The van der Waals surface area contributed by atoms with E-state index in [0.717, 1.165) is 11.1 Å². The Kier molecular flexibility index (Phi) is 3.90. The molecule has 1 aromatic rings. The number of benzene rings is 1. The molecule has 0 unspecified atom stereocenters. The van der Waals surface area contributed by atoms with Crippen LogP contribution in [0.1, 0.15) is 11.1 Å². The molecule has 0 aliphatic carbocycles. The molecule has 2 heterocycles. The summed E-state index contributed by atoms with van der Waals surface area (Å²) in [4.78, 5) is 25.4. The zero-order valence-corrected chi connectivity index (χ0v) is 11.5. The minimum absolute atomic E-state index is 0.184. The summed E-state index contributed by atoms with van der Waals surface area (Å²) >= 11 is 0. The van der Waals surface area contributed by atoms with E-state index in [-0.39, 0.29) is 12.5 Å². The molecule has 2 atom stereocenters. The highest BCUT2D eigenvalue weighted by Crippen LogP contribution is 2.25. The molecule has 2 aliphatic heterocycles. The van der Waals surface area contributed by atoms with Crippen molar-refractivity contribution >= 4 is 11.9 Å². The van der Waals surface area contributed by atoms with Gasteiger partial charge < -0.3 is 19.5 Å². The van der Waals surface area contributed by atoms with Gasteiger partial charge >= 0.3 is 5.97 Å². The third kappa shape index (κ3) is 2.77. The highest BCUT2D eigenvalue weighted by atomic mass is 16.6.